The Morgan fingerprint density at radius 1 is 1.04 bits per heavy atom. The number of benzene rings is 2. The molecule has 5 rings (SSSR count). The van der Waals surface area contributed by atoms with Crippen LogP contribution in [-0.2, 0) is 7.05 Å². The summed E-state index contributed by atoms with van der Waals surface area (Å²) < 4.78 is 8.42. The van der Waals surface area contributed by atoms with Crippen LogP contribution in [0.25, 0.3) is 32.9 Å². The summed E-state index contributed by atoms with van der Waals surface area (Å²) in [6.45, 7) is 2.15. The van der Waals surface area contributed by atoms with Gasteiger partial charge in [0.25, 0.3) is 0 Å². The molecule has 0 atom stereocenters. The van der Waals surface area contributed by atoms with Gasteiger partial charge < -0.3 is 4.74 Å². The third-order valence-electron chi connectivity index (χ3n) is 4.71. The molecular formula is C20H15N2O+. The zero-order valence-electron chi connectivity index (χ0n) is 13.0. The largest absolute Gasteiger partial charge is 0.455 e. The topological polar surface area (TPSA) is 26.0 Å². The molecule has 0 unspecified atom stereocenters. The Kier molecular flexibility index (Phi) is 2.35. The summed E-state index contributed by atoms with van der Waals surface area (Å²) in [6.07, 6.45) is 3.94. The standard InChI is InChI=1S/C20H15N2O/c1-12-14-6-4-9-21-15(14)11-17-18(12)20-19-13(8-10-22(20)2)5-3-7-16(19)23-17/h3-11H,1-2H3/q+1. The highest BCUT2D eigenvalue weighted by Crippen LogP contribution is 2.47. The van der Waals surface area contributed by atoms with E-state index in [4.69, 9.17) is 4.74 Å². The van der Waals surface area contributed by atoms with E-state index in [1.54, 1.807) is 0 Å². The fourth-order valence-corrected chi connectivity index (χ4v) is 3.63. The third kappa shape index (κ3) is 1.59. The molecule has 110 valence electrons. The molecule has 0 aliphatic carbocycles. The van der Waals surface area contributed by atoms with Crippen molar-refractivity contribution in [1.82, 2.24) is 4.98 Å². The molecule has 1 aliphatic heterocycles. The fraction of sp³-hybridized carbons (Fsp3) is 0.100. The minimum Gasteiger partial charge on any atom is -0.455 e. The molecule has 0 fully saturated rings. The van der Waals surface area contributed by atoms with Crippen molar-refractivity contribution in [2.75, 3.05) is 0 Å². The first-order chi connectivity index (χ1) is 11.2. The number of nitrogens with zero attached hydrogens (tertiary/aromatic N) is 2. The maximum Gasteiger partial charge on any atom is 0.228 e. The van der Waals surface area contributed by atoms with Crippen LogP contribution in [0.15, 0.2) is 54.9 Å². The Morgan fingerprint density at radius 2 is 1.96 bits per heavy atom. The summed E-state index contributed by atoms with van der Waals surface area (Å²) in [4.78, 5) is 4.49. The molecule has 1 aliphatic rings. The van der Waals surface area contributed by atoms with E-state index in [2.05, 4.69) is 47.9 Å². The van der Waals surface area contributed by atoms with E-state index in [9.17, 15) is 0 Å². The number of hydrogen-bond donors (Lipinski definition) is 0. The average Bonchev–Trinajstić information content (AvgIpc) is 2.57. The lowest BCUT2D eigenvalue weighted by Crippen LogP contribution is -2.31. The monoisotopic (exact) mass is 299 g/mol. The molecule has 4 aromatic rings. The van der Waals surface area contributed by atoms with Gasteiger partial charge in [-0.1, -0.05) is 18.2 Å². The number of fused-ring (bicyclic) bond motifs is 3. The summed E-state index contributed by atoms with van der Waals surface area (Å²) in [7, 11) is 2.09. The van der Waals surface area contributed by atoms with E-state index < -0.39 is 0 Å². The van der Waals surface area contributed by atoms with Gasteiger partial charge >= 0.3 is 0 Å². The van der Waals surface area contributed by atoms with Crippen LogP contribution in [-0.4, -0.2) is 4.98 Å². The second kappa shape index (κ2) is 4.29. The second-order valence-electron chi connectivity index (χ2n) is 6.04. The Morgan fingerprint density at radius 3 is 2.87 bits per heavy atom. The lowest BCUT2D eigenvalue weighted by atomic mass is 9.93. The van der Waals surface area contributed by atoms with Crippen LogP contribution in [0.1, 0.15) is 5.56 Å². The van der Waals surface area contributed by atoms with Gasteiger partial charge in [-0.25, -0.2) is 4.57 Å². The average molecular weight is 299 g/mol. The van der Waals surface area contributed by atoms with Gasteiger partial charge in [-0.15, -0.1) is 0 Å². The van der Waals surface area contributed by atoms with Crippen LogP contribution in [0, 0.1) is 6.92 Å². The first-order valence-corrected chi connectivity index (χ1v) is 7.72. The van der Waals surface area contributed by atoms with E-state index in [1.165, 1.54) is 27.4 Å². The predicted molar refractivity (Wildman–Crippen MR) is 90.7 cm³/mol. The zero-order valence-corrected chi connectivity index (χ0v) is 13.0. The van der Waals surface area contributed by atoms with Crippen LogP contribution in [0.4, 0.5) is 0 Å². The molecule has 2 aromatic heterocycles. The molecule has 0 saturated heterocycles. The Bertz CT molecular complexity index is 1120. The van der Waals surface area contributed by atoms with Crippen LogP contribution < -0.4 is 9.30 Å². The molecule has 0 spiro atoms. The van der Waals surface area contributed by atoms with Crippen molar-refractivity contribution in [3.8, 4) is 22.8 Å². The SMILES string of the molecule is Cc1c2c(cc3ncccc13)Oc1cccc3cc[n+](C)c-2c13. The molecule has 3 heterocycles. The zero-order chi connectivity index (χ0) is 15.6. The van der Waals surface area contributed by atoms with E-state index in [0.717, 1.165) is 22.6 Å². The summed E-state index contributed by atoms with van der Waals surface area (Å²) in [5.41, 5.74) is 4.56. The number of pyridine rings is 2. The van der Waals surface area contributed by atoms with Crippen molar-refractivity contribution in [2.24, 2.45) is 7.05 Å². The Labute approximate surface area is 133 Å². The second-order valence-corrected chi connectivity index (χ2v) is 6.04. The van der Waals surface area contributed by atoms with Crippen LogP contribution >= 0.6 is 0 Å². The highest BCUT2D eigenvalue weighted by Gasteiger charge is 2.29. The van der Waals surface area contributed by atoms with E-state index in [-0.39, 0.29) is 0 Å². The summed E-state index contributed by atoms with van der Waals surface area (Å²) in [5.74, 6) is 1.80. The molecule has 0 saturated carbocycles. The van der Waals surface area contributed by atoms with Gasteiger partial charge in [-0.2, -0.15) is 0 Å². The molecule has 0 amide bonds. The van der Waals surface area contributed by atoms with E-state index in [0.29, 0.717) is 0 Å². The van der Waals surface area contributed by atoms with Gasteiger partial charge in [0.05, 0.1) is 16.5 Å². The lowest BCUT2D eigenvalue weighted by molar-refractivity contribution is -0.659. The van der Waals surface area contributed by atoms with Gasteiger partial charge in [0.15, 0.2) is 6.20 Å². The third-order valence-corrected chi connectivity index (χ3v) is 4.71. The molecule has 0 N–H and O–H groups in total. The summed E-state index contributed by atoms with van der Waals surface area (Å²) in [6, 6.07) is 14.5. The first kappa shape index (κ1) is 12.6. The van der Waals surface area contributed by atoms with Crippen molar-refractivity contribution in [1.29, 1.82) is 0 Å². The van der Waals surface area contributed by atoms with Gasteiger partial charge in [-0.05, 0) is 30.0 Å². The Balaban J connectivity index is 2.02. The van der Waals surface area contributed by atoms with Crippen LogP contribution in [0.5, 0.6) is 11.5 Å². The fourth-order valence-electron chi connectivity index (χ4n) is 3.63. The summed E-state index contributed by atoms with van der Waals surface area (Å²) in [5, 5.41) is 3.55. The van der Waals surface area contributed by atoms with Crippen molar-refractivity contribution in [3.05, 3.63) is 60.4 Å². The first-order valence-electron chi connectivity index (χ1n) is 7.72. The quantitative estimate of drug-likeness (QED) is 0.399. The van der Waals surface area contributed by atoms with Crippen molar-refractivity contribution in [3.63, 3.8) is 0 Å². The number of ether oxygens (including phenoxy) is 1. The van der Waals surface area contributed by atoms with E-state index in [1.807, 2.05) is 30.5 Å². The molecule has 3 nitrogen and oxygen atoms in total. The number of hydrogen-bond acceptors (Lipinski definition) is 2. The van der Waals surface area contributed by atoms with E-state index >= 15 is 0 Å². The van der Waals surface area contributed by atoms with Gasteiger partial charge in [-0.3, -0.25) is 4.98 Å². The summed E-state index contributed by atoms with van der Waals surface area (Å²) >= 11 is 0. The highest BCUT2D eigenvalue weighted by atomic mass is 16.5. The predicted octanol–water partition coefficient (Wildman–Crippen LogP) is 4.29. The molecule has 23 heavy (non-hydrogen) atoms. The maximum atomic E-state index is 6.24. The highest BCUT2D eigenvalue weighted by molar-refractivity contribution is 6.04. The minimum atomic E-state index is 0.885. The van der Waals surface area contributed by atoms with Crippen molar-refractivity contribution < 1.29 is 9.30 Å². The number of aromatic nitrogens is 2. The van der Waals surface area contributed by atoms with Crippen molar-refractivity contribution >= 4 is 21.7 Å². The molecule has 0 radical (unpaired) electrons. The number of rotatable bonds is 0. The maximum absolute atomic E-state index is 6.24. The smallest absolute Gasteiger partial charge is 0.228 e. The Hall–Kier alpha value is -2.94. The molecular weight excluding hydrogens is 284 g/mol. The van der Waals surface area contributed by atoms with Crippen molar-refractivity contribution in [2.45, 2.75) is 6.92 Å². The lowest BCUT2D eigenvalue weighted by Gasteiger charge is -2.21. The van der Waals surface area contributed by atoms with Gasteiger partial charge in [0, 0.05) is 23.7 Å². The van der Waals surface area contributed by atoms with Gasteiger partial charge in [0.2, 0.25) is 5.69 Å². The number of aryl methyl sites for hydroxylation is 2. The van der Waals surface area contributed by atoms with Crippen LogP contribution in [0.3, 0.4) is 0 Å². The van der Waals surface area contributed by atoms with Gasteiger partial charge in [0.1, 0.15) is 18.5 Å². The normalized spacial score (nSPS) is 12.3. The molecule has 0 bridgehead atoms. The molecule has 2 aromatic carbocycles. The molecule has 3 heteroatoms. The van der Waals surface area contributed by atoms with Crippen LogP contribution in [0.2, 0.25) is 0 Å². The minimum absolute atomic E-state index is 0.885.